The monoisotopic (exact) mass is 285 g/mol. The summed E-state index contributed by atoms with van der Waals surface area (Å²) in [6.07, 6.45) is 1.49. The molecule has 0 aliphatic carbocycles. The summed E-state index contributed by atoms with van der Waals surface area (Å²) in [6.45, 7) is 1.51. The summed E-state index contributed by atoms with van der Waals surface area (Å²) in [5.41, 5.74) is 7.59. The van der Waals surface area contributed by atoms with E-state index in [-0.39, 0.29) is 5.91 Å². The summed E-state index contributed by atoms with van der Waals surface area (Å²) in [5.74, 6) is -0.129. The maximum atomic E-state index is 12.5. The lowest BCUT2D eigenvalue weighted by molar-refractivity contribution is 0.0674. The number of carbonyl (C=O) groups excluding carboxylic acids is 1. The average Bonchev–Trinajstić information content (AvgIpc) is 2.52. The zero-order chi connectivity index (χ0) is 15.1. The van der Waals surface area contributed by atoms with Gasteiger partial charge < -0.3 is 15.4 Å². The second kappa shape index (κ2) is 7.40. The highest BCUT2D eigenvalue weighted by molar-refractivity contribution is 5.92. The lowest BCUT2D eigenvalue weighted by Crippen LogP contribution is -2.34. The summed E-state index contributed by atoms with van der Waals surface area (Å²) in [5, 5.41) is 0. The number of nitrogens with two attached hydrogens (primary N) is 1. The van der Waals surface area contributed by atoms with E-state index in [4.69, 9.17) is 10.5 Å². The maximum Gasteiger partial charge on any atom is 0.272 e. The highest BCUT2D eigenvalue weighted by Gasteiger charge is 2.17. The molecule has 2 aromatic rings. The number of methoxy groups -OCH3 is 1. The Morgan fingerprint density at radius 3 is 2.62 bits per heavy atom. The molecule has 21 heavy (non-hydrogen) atoms. The van der Waals surface area contributed by atoms with Crippen LogP contribution >= 0.6 is 0 Å². The molecular weight excluding hydrogens is 266 g/mol. The number of ether oxygens (including phenoxy) is 1. The van der Waals surface area contributed by atoms with Gasteiger partial charge in [0.05, 0.1) is 18.5 Å². The Morgan fingerprint density at radius 2 is 2.00 bits per heavy atom. The topological polar surface area (TPSA) is 68.5 Å². The molecule has 2 N–H and O–H groups in total. The van der Waals surface area contributed by atoms with Gasteiger partial charge in [0.25, 0.3) is 5.91 Å². The SMILES string of the molecule is COCCN(Cc1ccccc1)C(=O)c1ccc(N)cn1. The van der Waals surface area contributed by atoms with Crippen molar-refractivity contribution in [2.75, 3.05) is 26.0 Å². The van der Waals surface area contributed by atoms with Crippen LogP contribution in [0.3, 0.4) is 0 Å². The Balaban J connectivity index is 2.14. The molecule has 0 aliphatic rings. The number of hydrogen-bond donors (Lipinski definition) is 1. The third kappa shape index (κ3) is 4.29. The lowest BCUT2D eigenvalue weighted by Gasteiger charge is -2.22. The van der Waals surface area contributed by atoms with Gasteiger partial charge in [-0.15, -0.1) is 0 Å². The molecule has 5 heteroatoms. The zero-order valence-electron chi connectivity index (χ0n) is 12.0. The molecule has 1 aromatic carbocycles. The van der Waals surface area contributed by atoms with Gasteiger partial charge in [-0.1, -0.05) is 30.3 Å². The van der Waals surface area contributed by atoms with Crippen LogP contribution in [0.1, 0.15) is 16.1 Å². The highest BCUT2D eigenvalue weighted by atomic mass is 16.5. The average molecular weight is 285 g/mol. The van der Waals surface area contributed by atoms with Crippen molar-refractivity contribution in [3.63, 3.8) is 0 Å². The number of rotatable bonds is 6. The third-order valence-corrected chi connectivity index (χ3v) is 3.07. The number of aromatic nitrogens is 1. The van der Waals surface area contributed by atoms with Crippen LogP contribution in [0.5, 0.6) is 0 Å². The molecule has 0 aliphatic heterocycles. The Hall–Kier alpha value is -2.40. The molecule has 0 fully saturated rings. The van der Waals surface area contributed by atoms with Crippen LogP contribution in [0.25, 0.3) is 0 Å². The van der Waals surface area contributed by atoms with Gasteiger partial charge in [0, 0.05) is 20.2 Å². The molecule has 1 heterocycles. The van der Waals surface area contributed by atoms with Gasteiger partial charge in [-0.05, 0) is 17.7 Å². The minimum Gasteiger partial charge on any atom is -0.397 e. The summed E-state index contributed by atoms with van der Waals surface area (Å²) >= 11 is 0. The Morgan fingerprint density at radius 1 is 1.24 bits per heavy atom. The number of pyridine rings is 1. The fourth-order valence-electron chi connectivity index (χ4n) is 1.95. The van der Waals surface area contributed by atoms with E-state index < -0.39 is 0 Å². The van der Waals surface area contributed by atoms with Crippen LogP contribution in [0.2, 0.25) is 0 Å². The van der Waals surface area contributed by atoms with Crippen molar-refractivity contribution in [2.45, 2.75) is 6.54 Å². The standard InChI is InChI=1S/C16H19N3O2/c1-21-10-9-19(12-13-5-3-2-4-6-13)16(20)15-8-7-14(17)11-18-15/h2-8,11H,9-10,12,17H2,1H3. The third-order valence-electron chi connectivity index (χ3n) is 3.07. The van der Waals surface area contributed by atoms with Crippen molar-refractivity contribution in [2.24, 2.45) is 0 Å². The van der Waals surface area contributed by atoms with Crippen LogP contribution in [0.4, 0.5) is 5.69 Å². The molecule has 2 rings (SSSR count). The van der Waals surface area contributed by atoms with E-state index in [0.29, 0.717) is 31.1 Å². The van der Waals surface area contributed by atoms with Crippen molar-refractivity contribution in [3.8, 4) is 0 Å². The van der Waals surface area contributed by atoms with Crippen LogP contribution in [0, 0.1) is 0 Å². The van der Waals surface area contributed by atoms with Crippen molar-refractivity contribution in [1.82, 2.24) is 9.88 Å². The van der Waals surface area contributed by atoms with Gasteiger partial charge in [-0.2, -0.15) is 0 Å². The molecular formula is C16H19N3O2. The minimum absolute atomic E-state index is 0.129. The summed E-state index contributed by atoms with van der Waals surface area (Å²) in [4.78, 5) is 18.3. The fraction of sp³-hybridized carbons (Fsp3) is 0.250. The minimum atomic E-state index is -0.129. The molecule has 0 atom stereocenters. The number of amides is 1. The van der Waals surface area contributed by atoms with Gasteiger partial charge in [-0.3, -0.25) is 4.79 Å². The van der Waals surface area contributed by atoms with E-state index in [9.17, 15) is 4.79 Å². The van der Waals surface area contributed by atoms with Crippen LogP contribution < -0.4 is 5.73 Å². The molecule has 0 saturated heterocycles. The second-order valence-electron chi connectivity index (χ2n) is 4.68. The Labute approximate surface area is 124 Å². The summed E-state index contributed by atoms with van der Waals surface area (Å²) < 4.78 is 5.08. The van der Waals surface area contributed by atoms with Crippen LogP contribution in [0.15, 0.2) is 48.7 Å². The first kappa shape index (κ1) is 15.0. The highest BCUT2D eigenvalue weighted by Crippen LogP contribution is 2.10. The first-order valence-electron chi connectivity index (χ1n) is 6.74. The predicted octanol–water partition coefficient (Wildman–Crippen LogP) is 1.95. The molecule has 0 spiro atoms. The number of nitrogens with zero attached hydrogens (tertiary/aromatic N) is 2. The number of carbonyl (C=O) groups is 1. The molecule has 0 radical (unpaired) electrons. The number of hydrogen-bond acceptors (Lipinski definition) is 4. The zero-order valence-corrected chi connectivity index (χ0v) is 12.0. The molecule has 0 unspecified atom stereocenters. The normalized spacial score (nSPS) is 10.3. The molecule has 0 bridgehead atoms. The fourth-order valence-corrected chi connectivity index (χ4v) is 1.95. The Bertz CT molecular complexity index is 570. The molecule has 1 aromatic heterocycles. The van der Waals surface area contributed by atoms with Gasteiger partial charge in [0.15, 0.2) is 0 Å². The smallest absolute Gasteiger partial charge is 0.272 e. The number of benzene rings is 1. The van der Waals surface area contributed by atoms with E-state index in [2.05, 4.69) is 4.98 Å². The number of anilines is 1. The Kier molecular flexibility index (Phi) is 5.29. The largest absolute Gasteiger partial charge is 0.397 e. The summed E-state index contributed by atoms with van der Waals surface area (Å²) in [7, 11) is 1.62. The van der Waals surface area contributed by atoms with Crippen LogP contribution in [-0.2, 0) is 11.3 Å². The quantitative estimate of drug-likeness (QED) is 0.881. The van der Waals surface area contributed by atoms with Crippen molar-refractivity contribution < 1.29 is 9.53 Å². The molecule has 5 nitrogen and oxygen atoms in total. The van der Waals surface area contributed by atoms with E-state index in [1.807, 2.05) is 30.3 Å². The van der Waals surface area contributed by atoms with Gasteiger partial charge in [-0.25, -0.2) is 4.98 Å². The van der Waals surface area contributed by atoms with E-state index in [1.54, 1.807) is 24.1 Å². The second-order valence-corrected chi connectivity index (χ2v) is 4.68. The molecule has 1 amide bonds. The van der Waals surface area contributed by atoms with E-state index in [1.165, 1.54) is 6.20 Å². The molecule has 110 valence electrons. The van der Waals surface area contributed by atoms with E-state index >= 15 is 0 Å². The first-order chi connectivity index (χ1) is 10.2. The molecule has 0 saturated carbocycles. The van der Waals surface area contributed by atoms with Crippen LogP contribution in [-0.4, -0.2) is 36.1 Å². The van der Waals surface area contributed by atoms with Crippen molar-refractivity contribution in [3.05, 3.63) is 59.9 Å². The van der Waals surface area contributed by atoms with Gasteiger partial charge in [0.2, 0.25) is 0 Å². The lowest BCUT2D eigenvalue weighted by atomic mass is 10.2. The summed E-state index contributed by atoms with van der Waals surface area (Å²) in [6, 6.07) is 13.2. The van der Waals surface area contributed by atoms with Crippen molar-refractivity contribution >= 4 is 11.6 Å². The van der Waals surface area contributed by atoms with Gasteiger partial charge in [0.1, 0.15) is 5.69 Å². The van der Waals surface area contributed by atoms with Gasteiger partial charge >= 0.3 is 0 Å². The predicted molar refractivity (Wildman–Crippen MR) is 81.7 cm³/mol. The maximum absolute atomic E-state index is 12.5. The van der Waals surface area contributed by atoms with Crippen molar-refractivity contribution in [1.29, 1.82) is 0 Å². The van der Waals surface area contributed by atoms with E-state index in [0.717, 1.165) is 5.56 Å². The number of nitrogen functional groups attached to an aromatic ring is 1. The first-order valence-corrected chi connectivity index (χ1v) is 6.74.